The van der Waals surface area contributed by atoms with Crippen LogP contribution in [0.1, 0.15) is 5.69 Å². The molecule has 3 aromatic rings. The first-order valence-corrected chi connectivity index (χ1v) is 7.41. The summed E-state index contributed by atoms with van der Waals surface area (Å²) in [6.07, 6.45) is 0. The Hall–Kier alpha value is -2.34. The van der Waals surface area contributed by atoms with Crippen LogP contribution < -0.4 is 5.32 Å². The molecule has 0 bridgehead atoms. The number of hydrogen-bond donors (Lipinski definition) is 1. The summed E-state index contributed by atoms with van der Waals surface area (Å²) in [5, 5.41) is 12.3. The number of hydrogen-bond acceptors (Lipinski definition) is 5. The van der Waals surface area contributed by atoms with Crippen LogP contribution in [0.15, 0.2) is 52.0 Å². The first-order chi connectivity index (χ1) is 10.2. The second-order valence-electron chi connectivity index (χ2n) is 4.54. The highest BCUT2D eigenvalue weighted by Crippen LogP contribution is 2.23. The minimum Gasteiger partial charge on any atom is -0.306 e. The van der Waals surface area contributed by atoms with Gasteiger partial charge in [-0.15, -0.1) is 11.8 Å². The Kier molecular flexibility index (Phi) is 3.87. The predicted octanol–water partition coefficient (Wildman–Crippen LogP) is 3.26. The van der Waals surface area contributed by atoms with Gasteiger partial charge in [0.2, 0.25) is 5.91 Å². The standard InChI is InChI=1S/C15H13N3O2S/c1-10-15(18-20-17-10)16-14(19)9-21-13-7-6-11-4-2-3-5-12(11)8-13/h2-8H,9H2,1H3,(H,16,18,19). The number of nitrogens with one attached hydrogen (secondary N) is 1. The number of amides is 1. The van der Waals surface area contributed by atoms with Crippen molar-refractivity contribution in [3.63, 3.8) is 0 Å². The summed E-state index contributed by atoms with van der Waals surface area (Å²) in [5.74, 6) is 0.552. The summed E-state index contributed by atoms with van der Waals surface area (Å²) in [4.78, 5) is 12.9. The zero-order chi connectivity index (χ0) is 14.7. The van der Waals surface area contributed by atoms with E-state index in [9.17, 15) is 4.79 Å². The molecule has 0 aliphatic heterocycles. The highest BCUT2D eigenvalue weighted by molar-refractivity contribution is 8.00. The monoisotopic (exact) mass is 299 g/mol. The number of fused-ring (bicyclic) bond motifs is 1. The van der Waals surface area contributed by atoms with Gasteiger partial charge in [-0.2, -0.15) is 0 Å². The number of thioether (sulfide) groups is 1. The van der Waals surface area contributed by atoms with E-state index in [4.69, 9.17) is 0 Å². The van der Waals surface area contributed by atoms with Crippen LogP contribution >= 0.6 is 11.8 Å². The van der Waals surface area contributed by atoms with Crippen molar-refractivity contribution >= 4 is 34.3 Å². The van der Waals surface area contributed by atoms with Gasteiger partial charge in [-0.1, -0.05) is 35.5 Å². The van der Waals surface area contributed by atoms with E-state index in [1.165, 1.54) is 22.5 Å². The van der Waals surface area contributed by atoms with Gasteiger partial charge in [0.15, 0.2) is 5.82 Å². The van der Waals surface area contributed by atoms with Gasteiger partial charge in [-0.05, 0) is 35.0 Å². The Morgan fingerprint density at radius 2 is 2.00 bits per heavy atom. The van der Waals surface area contributed by atoms with Gasteiger partial charge in [-0.25, -0.2) is 4.63 Å². The number of carbonyl (C=O) groups excluding carboxylic acids is 1. The molecule has 2 aromatic carbocycles. The van der Waals surface area contributed by atoms with Crippen LogP contribution in [0.3, 0.4) is 0 Å². The van der Waals surface area contributed by atoms with Gasteiger partial charge in [-0.3, -0.25) is 4.79 Å². The lowest BCUT2D eigenvalue weighted by Gasteiger charge is -2.04. The van der Waals surface area contributed by atoms with Crippen molar-refractivity contribution in [3.05, 3.63) is 48.2 Å². The van der Waals surface area contributed by atoms with Crippen LogP contribution in [0.4, 0.5) is 5.82 Å². The highest BCUT2D eigenvalue weighted by atomic mass is 32.2. The van der Waals surface area contributed by atoms with Crippen molar-refractivity contribution in [2.75, 3.05) is 11.1 Å². The molecular formula is C15H13N3O2S. The maximum atomic E-state index is 11.9. The lowest BCUT2D eigenvalue weighted by molar-refractivity contribution is -0.113. The van der Waals surface area contributed by atoms with E-state index in [0.29, 0.717) is 17.3 Å². The molecule has 106 valence electrons. The molecule has 0 atom stereocenters. The number of anilines is 1. The molecule has 0 saturated carbocycles. The third-order valence-corrected chi connectivity index (χ3v) is 4.00. The molecule has 5 nitrogen and oxygen atoms in total. The van der Waals surface area contributed by atoms with Gasteiger partial charge in [0, 0.05) is 4.90 Å². The average molecular weight is 299 g/mol. The Morgan fingerprint density at radius 1 is 1.19 bits per heavy atom. The second kappa shape index (κ2) is 5.97. The van der Waals surface area contributed by atoms with Crippen molar-refractivity contribution in [3.8, 4) is 0 Å². The third-order valence-electron chi connectivity index (χ3n) is 3.00. The first kappa shape index (κ1) is 13.6. The van der Waals surface area contributed by atoms with Crippen LogP contribution in [-0.4, -0.2) is 22.0 Å². The maximum Gasteiger partial charge on any atom is 0.236 e. The van der Waals surface area contributed by atoms with E-state index in [1.807, 2.05) is 18.2 Å². The molecule has 0 aliphatic rings. The summed E-state index contributed by atoms with van der Waals surface area (Å²) in [7, 11) is 0. The first-order valence-electron chi connectivity index (χ1n) is 6.43. The molecule has 0 fully saturated rings. The molecule has 1 amide bonds. The second-order valence-corrected chi connectivity index (χ2v) is 5.59. The maximum absolute atomic E-state index is 11.9. The summed E-state index contributed by atoms with van der Waals surface area (Å²) >= 11 is 1.48. The summed E-state index contributed by atoms with van der Waals surface area (Å²) in [6.45, 7) is 1.72. The topological polar surface area (TPSA) is 68.0 Å². The van der Waals surface area contributed by atoms with E-state index in [2.05, 4.69) is 44.5 Å². The van der Waals surface area contributed by atoms with Crippen LogP contribution in [0.5, 0.6) is 0 Å². The van der Waals surface area contributed by atoms with Crippen LogP contribution in [-0.2, 0) is 4.79 Å². The van der Waals surface area contributed by atoms with E-state index in [0.717, 1.165) is 4.90 Å². The minimum atomic E-state index is -0.132. The molecule has 21 heavy (non-hydrogen) atoms. The van der Waals surface area contributed by atoms with Crippen molar-refractivity contribution < 1.29 is 9.42 Å². The zero-order valence-electron chi connectivity index (χ0n) is 11.4. The van der Waals surface area contributed by atoms with E-state index < -0.39 is 0 Å². The quantitative estimate of drug-likeness (QED) is 0.749. The number of carbonyl (C=O) groups is 1. The Balaban J connectivity index is 1.63. The van der Waals surface area contributed by atoms with Crippen molar-refractivity contribution in [1.82, 2.24) is 10.3 Å². The smallest absolute Gasteiger partial charge is 0.236 e. The summed E-state index contributed by atoms with van der Waals surface area (Å²) in [6, 6.07) is 14.3. The Morgan fingerprint density at radius 3 is 2.76 bits per heavy atom. The molecule has 1 heterocycles. The lowest BCUT2D eigenvalue weighted by Crippen LogP contribution is -2.14. The van der Waals surface area contributed by atoms with Crippen molar-refractivity contribution in [2.45, 2.75) is 11.8 Å². The van der Waals surface area contributed by atoms with Gasteiger partial charge < -0.3 is 5.32 Å². The lowest BCUT2D eigenvalue weighted by atomic mass is 10.1. The number of aryl methyl sites for hydroxylation is 1. The predicted molar refractivity (Wildman–Crippen MR) is 82.3 cm³/mol. The van der Waals surface area contributed by atoms with Crippen molar-refractivity contribution in [1.29, 1.82) is 0 Å². The Bertz CT molecular complexity index is 785. The molecule has 1 aromatic heterocycles. The van der Waals surface area contributed by atoms with Gasteiger partial charge in [0.1, 0.15) is 5.69 Å². The fourth-order valence-electron chi connectivity index (χ4n) is 1.92. The molecule has 6 heteroatoms. The molecule has 3 rings (SSSR count). The Labute approximate surface area is 125 Å². The average Bonchev–Trinajstić information content (AvgIpc) is 2.90. The van der Waals surface area contributed by atoms with Gasteiger partial charge in [0.05, 0.1) is 5.75 Å². The molecule has 1 N–H and O–H groups in total. The zero-order valence-corrected chi connectivity index (χ0v) is 12.2. The normalized spacial score (nSPS) is 10.7. The molecule has 0 saturated heterocycles. The number of nitrogens with zero attached hydrogens (tertiary/aromatic N) is 2. The minimum absolute atomic E-state index is 0.132. The van der Waals surface area contributed by atoms with Crippen molar-refractivity contribution in [2.24, 2.45) is 0 Å². The fraction of sp³-hybridized carbons (Fsp3) is 0.133. The van der Waals surface area contributed by atoms with Gasteiger partial charge >= 0.3 is 0 Å². The largest absolute Gasteiger partial charge is 0.306 e. The molecule has 0 radical (unpaired) electrons. The summed E-state index contributed by atoms with van der Waals surface area (Å²) in [5.41, 5.74) is 0.569. The molecule has 0 aliphatic carbocycles. The van der Waals surface area contributed by atoms with Crippen LogP contribution in [0, 0.1) is 6.92 Å². The summed E-state index contributed by atoms with van der Waals surface area (Å²) < 4.78 is 4.54. The fourth-order valence-corrected chi connectivity index (χ4v) is 2.66. The van der Waals surface area contributed by atoms with E-state index in [1.54, 1.807) is 6.92 Å². The highest BCUT2D eigenvalue weighted by Gasteiger charge is 2.09. The van der Waals surface area contributed by atoms with Gasteiger partial charge in [0.25, 0.3) is 0 Å². The molecule has 0 unspecified atom stereocenters. The SMILES string of the molecule is Cc1nonc1NC(=O)CSc1ccc2ccccc2c1. The van der Waals surface area contributed by atoms with E-state index in [-0.39, 0.29) is 5.91 Å². The molecule has 0 spiro atoms. The van der Waals surface area contributed by atoms with Crippen LogP contribution in [0.2, 0.25) is 0 Å². The van der Waals surface area contributed by atoms with E-state index >= 15 is 0 Å². The third kappa shape index (κ3) is 3.22. The number of aromatic nitrogens is 2. The molecular weight excluding hydrogens is 286 g/mol. The van der Waals surface area contributed by atoms with Crippen LogP contribution in [0.25, 0.3) is 10.8 Å². The number of rotatable bonds is 4. The number of benzene rings is 2.